The minimum Gasteiger partial charge on any atom is -0.302 e. The lowest BCUT2D eigenvalue weighted by Crippen LogP contribution is -2.43. The number of likely N-dealkylation sites (tertiary alicyclic amines) is 1. The van der Waals surface area contributed by atoms with Gasteiger partial charge in [-0.05, 0) is 57.0 Å². The van der Waals surface area contributed by atoms with Gasteiger partial charge in [-0.3, -0.25) is 9.48 Å². The van der Waals surface area contributed by atoms with E-state index in [0.717, 1.165) is 22.2 Å². The highest BCUT2D eigenvalue weighted by Gasteiger charge is 2.63. The fourth-order valence-corrected chi connectivity index (χ4v) is 4.66. The Balaban J connectivity index is 1.21. The van der Waals surface area contributed by atoms with E-state index in [2.05, 4.69) is 20.5 Å². The van der Waals surface area contributed by atoms with Gasteiger partial charge in [-0.15, -0.1) is 5.10 Å². The van der Waals surface area contributed by atoms with Gasteiger partial charge in [0.05, 0.1) is 29.2 Å². The van der Waals surface area contributed by atoms with E-state index in [-0.39, 0.29) is 37.5 Å². The minimum absolute atomic E-state index is 0.0572. The van der Waals surface area contributed by atoms with Crippen LogP contribution in [0.1, 0.15) is 31.4 Å². The Morgan fingerprint density at radius 3 is 2.52 bits per heavy atom. The van der Waals surface area contributed by atoms with Crippen LogP contribution < -0.4 is 0 Å². The van der Waals surface area contributed by atoms with Crippen molar-refractivity contribution in [3.8, 4) is 11.3 Å². The second kappa shape index (κ2) is 8.16. The lowest BCUT2D eigenvalue weighted by atomic mass is 9.89. The lowest BCUT2D eigenvalue weighted by molar-refractivity contribution is -0.192. The van der Waals surface area contributed by atoms with E-state index in [0.29, 0.717) is 31.6 Å². The number of halogens is 3. The van der Waals surface area contributed by atoms with Gasteiger partial charge in [-0.1, -0.05) is 11.3 Å². The fourth-order valence-electron chi connectivity index (χ4n) is 4.66. The molecule has 2 aromatic heterocycles. The first-order chi connectivity index (χ1) is 15.7. The Hall–Kier alpha value is -2.88. The molecule has 1 aliphatic heterocycles. The molecule has 0 amide bonds. The van der Waals surface area contributed by atoms with E-state index < -0.39 is 11.6 Å². The predicted molar refractivity (Wildman–Crippen MR) is 115 cm³/mol. The maximum Gasteiger partial charge on any atom is 0.395 e. The number of aryl methyl sites for hydroxylation is 1. The Labute approximate surface area is 189 Å². The molecule has 10 heteroatoms. The van der Waals surface area contributed by atoms with Gasteiger partial charge in [0.25, 0.3) is 0 Å². The summed E-state index contributed by atoms with van der Waals surface area (Å²) in [7, 11) is 1.80. The summed E-state index contributed by atoms with van der Waals surface area (Å²) in [6.45, 7) is 1.11. The van der Waals surface area contributed by atoms with Crippen LogP contribution in [-0.2, 0) is 18.3 Å². The van der Waals surface area contributed by atoms with Gasteiger partial charge >= 0.3 is 6.18 Å². The quantitative estimate of drug-likeness (QED) is 0.562. The van der Waals surface area contributed by atoms with Crippen molar-refractivity contribution >= 4 is 16.7 Å². The Morgan fingerprint density at radius 1 is 1.12 bits per heavy atom. The number of nitrogens with zero attached hydrogens (tertiary/aromatic N) is 6. The SMILES string of the molecule is Cn1cc(-c2ccc3nnc(CC(=O)C4CCN(CC5(C(F)(F)F)CC5)CC4)cc3c2)nn1. The van der Waals surface area contributed by atoms with Crippen molar-refractivity contribution in [2.75, 3.05) is 19.6 Å². The second-order valence-electron chi connectivity index (χ2n) is 9.36. The zero-order valence-corrected chi connectivity index (χ0v) is 18.3. The molecule has 33 heavy (non-hydrogen) atoms. The monoisotopic (exact) mass is 458 g/mol. The molecule has 2 aliphatic rings. The molecule has 3 aromatic rings. The number of aromatic nitrogens is 5. The number of hydrogen-bond donors (Lipinski definition) is 0. The van der Waals surface area contributed by atoms with Gasteiger partial charge < -0.3 is 4.90 Å². The van der Waals surface area contributed by atoms with E-state index in [1.54, 1.807) is 11.7 Å². The van der Waals surface area contributed by atoms with Crippen LogP contribution in [0.2, 0.25) is 0 Å². The number of hydrogen-bond acceptors (Lipinski definition) is 6. The first-order valence-corrected chi connectivity index (χ1v) is 11.2. The molecule has 0 radical (unpaired) electrons. The summed E-state index contributed by atoms with van der Waals surface area (Å²) in [6.07, 6.45) is -0.526. The van der Waals surface area contributed by atoms with E-state index in [9.17, 15) is 18.0 Å². The third kappa shape index (κ3) is 4.48. The topological polar surface area (TPSA) is 76.8 Å². The third-order valence-corrected chi connectivity index (χ3v) is 6.91. The molecule has 1 aliphatic carbocycles. The molecular formula is C23H25F3N6O. The number of carbonyl (C=O) groups is 1. The van der Waals surface area contributed by atoms with Gasteiger partial charge in [0.1, 0.15) is 11.5 Å². The number of Topliss-reactive ketones (excluding diaryl/α,β-unsaturated/α-hetero) is 1. The van der Waals surface area contributed by atoms with E-state index in [1.807, 2.05) is 35.4 Å². The standard InChI is InChI=1S/C23H25F3N6O/c1-31-13-20(29-30-31)16-2-3-19-17(10-16)11-18(27-28-19)12-21(33)15-4-8-32(9-5-15)14-22(6-7-22)23(24,25)26/h2-3,10-11,13,15H,4-9,12,14H2,1H3. The zero-order valence-electron chi connectivity index (χ0n) is 18.3. The first-order valence-electron chi connectivity index (χ1n) is 11.2. The van der Waals surface area contributed by atoms with Crippen molar-refractivity contribution in [2.45, 2.75) is 38.3 Å². The van der Waals surface area contributed by atoms with Gasteiger partial charge in [0.2, 0.25) is 0 Å². The fraction of sp³-hybridized carbons (Fsp3) is 0.522. The molecule has 0 N–H and O–H groups in total. The van der Waals surface area contributed by atoms with E-state index in [1.165, 1.54) is 0 Å². The normalized spacial score (nSPS) is 19.2. The van der Waals surface area contributed by atoms with Crippen molar-refractivity contribution in [3.63, 3.8) is 0 Å². The molecule has 7 nitrogen and oxygen atoms in total. The highest BCUT2D eigenvalue weighted by atomic mass is 19.4. The molecule has 0 unspecified atom stereocenters. The van der Waals surface area contributed by atoms with Crippen molar-refractivity contribution in [1.29, 1.82) is 0 Å². The Kier molecular flexibility index (Phi) is 5.43. The molecule has 0 bridgehead atoms. The summed E-state index contributed by atoms with van der Waals surface area (Å²) in [5.41, 5.74) is 1.46. The molecule has 1 aromatic carbocycles. The Bertz CT molecular complexity index is 1180. The van der Waals surface area contributed by atoms with Crippen LogP contribution in [-0.4, -0.2) is 61.7 Å². The molecule has 0 atom stereocenters. The summed E-state index contributed by atoms with van der Waals surface area (Å²) < 4.78 is 41.3. The van der Waals surface area contributed by atoms with Crippen LogP contribution in [0, 0.1) is 11.3 Å². The lowest BCUT2D eigenvalue weighted by Gasteiger charge is -2.34. The molecule has 1 saturated heterocycles. The summed E-state index contributed by atoms with van der Waals surface area (Å²) >= 11 is 0. The smallest absolute Gasteiger partial charge is 0.302 e. The molecule has 174 valence electrons. The number of carbonyl (C=O) groups excluding carboxylic acids is 1. The van der Waals surface area contributed by atoms with Crippen molar-refractivity contribution < 1.29 is 18.0 Å². The van der Waals surface area contributed by atoms with Crippen LogP contribution in [0.5, 0.6) is 0 Å². The summed E-state index contributed by atoms with van der Waals surface area (Å²) in [6, 6.07) is 7.59. The number of rotatable bonds is 6. The van der Waals surface area contributed by atoms with Crippen molar-refractivity contribution in [1.82, 2.24) is 30.1 Å². The summed E-state index contributed by atoms with van der Waals surface area (Å²) in [5.74, 6) is -0.0731. The first kappa shape index (κ1) is 21.9. The molecule has 1 saturated carbocycles. The van der Waals surface area contributed by atoms with Gasteiger partial charge in [-0.2, -0.15) is 23.4 Å². The largest absolute Gasteiger partial charge is 0.395 e. The summed E-state index contributed by atoms with van der Waals surface area (Å²) in [4.78, 5) is 14.7. The van der Waals surface area contributed by atoms with Gasteiger partial charge in [0, 0.05) is 30.5 Å². The average molecular weight is 458 g/mol. The van der Waals surface area contributed by atoms with Crippen LogP contribution in [0.3, 0.4) is 0 Å². The number of ketones is 1. The van der Waals surface area contributed by atoms with Crippen LogP contribution in [0.4, 0.5) is 13.2 Å². The predicted octanol–water partition coefficient (Wildman–Crippen LogP) is 3.59. The van der Waals surface area contributed by atoms with Crippen molar-refractivity contribution in [2.24, 2.45) is 18.4 Å². The van der Waals surface area contributed by atoms with Gasteiger partial charge in [0.15, 0.2) is 0 Å². The van der Waals surface area contributed by atoms with Crippen LogP contribution in [0.15, 0.2) is 30.5 Å². The minimum atomic E-state index is -4.14. The Morgan fingerprint density at radius 2 is 1.88 bits per heavy atom. The molecule has 5 rings (SSSR count). The average Bonchev–Trinajstić information content (AvgIpc) is 3.45. The molecule has 0 spiro atoms. The number of benzene rings is 1. The van der Waals surface area contributed by atoms with Crippen molar-refractivity contribution in [3.05, 3.63) is 36.2 Å². The molecule has 3 heterocycles. The highest BCUT2D eigenvalue weighted by molar-refractivity contribution is 5.86. The molecule has 2 fully saturated rings. The zero-order chi connectivity index (χ0) is 23.2. The van der Waals surface area contributed by atoms with E-state index in [4.69, 9.17) is 0 Å². The number of piperidine rings is 1. The highest BCUT2D eigenvalue weighted by Crippen LogP contribution is 2.58. The maximum absolute atomic E-state index is 13.2. The number of fused-ring (bicyclic) bond motifs is 1. The van der Waals surface area contributed by atoms with Crippen LogP contribution >= 0.6 is 0 Å². The molecular weight excluding hydrogens is 433 g/mol. The summed E-state index contributed by atoms with van der Waals surface area (Å²) in [5, 5.41) is 17.4. The van der Waals surface area contributed by atoms with Crippen LogP contribution in [0.25, 0.3) is 22.2 Å². The second-order valence-corrected chi connectivity index (χ2v) is 9.36. The maximum atomic E-state index is 13.2. The third-order valence-electron chi connectivity index (χ3n) is 6.91. The van der Waals surface area contributed by atoms with E-state index >= 15 is 0 Å². The van der Waals surface area contributed by atoms with Gasteiger partial charge in [-0.25, -0.2) is 0 Å². The number of alkyl halides is 3.